The van der Waals surface area contributed by atoms with Crippen LogP contribution in [0.1, 0.15) is 22.8 Å². The first-order valence-electron chi connectivity index (χ1n) is 10.3. The van der Waals surface area contributed by atoms with Crippen LogP contribution in [-0.4, -0.2) is 86.2 Å². The summed E-state index contributed by atoms with van der Waals surface area (Å²) in [5, 5.41) is 44.5. The number of fused-ring (bicyclic) bond motifs is 3. The first-order valence-corrected chi connectivity index (χ1v) is 10.3. The Morgan fingerprint density at radius 3 is 2.21 bits per heavy atom. The fourth-order valence-corrected chi connectivity index (χ4v) is 5.97. The second-order valence-electron chi connectivity index (χ2n) is 9.37. The first-order chi connectivity index (χ1) is 15.2. The van der Waals surface area contributed by atoms with Gasteiger partial charge >= 0.3 is 0 Å². The maximum atomic E-state index is 13.7. The normalized spacial score (nSPS) is 40.3. The molecule has 1 amide bonds. The number of phenols is 1. The van der Waals surface area contributed by atoms with Gasteiger partial charge in [-0.25, -0.2) is 0 Å². The van der Waals surface area contributed by atoms with Gasteiger partial charge in [0.05, 0.1) is 35.1 Å². The van der Waals surface area contributed by atoms with E-state index in [1.165, 1.54) is 44.1 Å². The highest BCUT2D eigenvalue weighted by molar-refractivity contribution is 6.32. The Hall–Kier alpha value is -2.99. The number of rotatable bonds is 2. The van der Waals surface area contributed by atoms with Crippen LogP contribution in [-0.2, 0) is 24.8 Å². The summed E-state index contributed by atoms with van der Waals surface area (Å²) >= 11 is 0. The molecular formula is C22H24N2O9. The van der Waals surface area contributed by atoms with Crippen molar-refractivity contribution in [2.75, 3.05) is 14.1 Å². The number of aliphatic hydroxyl groups excluding tert-OH is 1. The van der Waals surface area contributed by atoms with Gasteiger partial charge < -0.3 is 26.2 Å². The number of ketones is 4. The number of hydrogen-bond acceptors (Lipinski definition) is 10. The molecule has 3 aliphatic rings. The molecule has 0 spiro atoms. The Bertz CT molecular complexity index is 1130. The van der Waals surface area contributed by atoms with E-state index in [4.69, 9.17) is 5.73 Å². The maximum Gasteiger partial charge on any atom is 0.235 e. The molecule has 33 heavy (non-hydrogen) atoms. The smallest absolute Gasteiger partial charge is 0.235 e. The zero-order valence-electron chi connectivity index (χ0n) is 18.1. The van der Waals surface area contributed by atoms with Gasteiger partial charge in [0.15, 0.2) is 34.7 Å². The van der Waals surface area contributed by atoms with Crippen LogP contribution < -0.4 is 5.73 Å². The lowest BCUT2D eigenvalue weighted by Crippen LogP contribution is -2.78. The summed E-state index contributed by atoms with van der Waals surface area (Å²) in [4.78, 5) is 66.4. The summed E-state index contributed by atoms with van der Waals surface area (Å²) in [6.07, 6.45) is -1.90. The van der Waals surface area contributed by atoms with Crippen LogP contribution in [0.4, 0.5) is 0 Å². The van der Waals surface area contributed by atoms with Gasteiger partial charge in [-0.3, -0.25) is 28.9 Å². The highest BCUT2D eigenvalue weighted by atomic mass is 16.3. The Kier molecular flexibility index (Phi) is 4.92. The number of aliphatic hydroxyl groups is 3. The molecule has 8 atom stereocenters. The highest BCUT2D eigenvalue weighted by Gasteiger charge is 2.74. The number of primary amides is 1. The SMILES string of the molecule is CN(C)[C@@H]1C(=O)C(C(N)=O)C(=O)[C@@]2(O)C(=O)C3C(=O)c4c(O)cccc4C(C)(O)[C@H]3[C@H](O)[C@@H]12. The number of phenolic OH excluding ortho intramolecular Hbond substituents is 1. The Labute approximate surface area is 187 Å². The number of hydrogen-bond donors (Lipinski definition) is 5. The minimum Gasteiger partial charge on any atom is -0.507 e. The summed E-state index contributed by atoms with van der Waals surface area (Å²) < 4.78 is 0. The molecule has 11 nitrogen and oxygen atoms in total. The van der Waals surface area contributed by atoms with E-state index in [2.05, 4.69) is 0 Å². The van der Waals surface area contributed by atoms with Crippen LogP contribution in [0, 0.1) is 23.7 Å². The molecule has 4 rings (SSSR count). The molecule has 0 aliphatic heterocycles. The predicted octanol–water partition coefficient (Wildman–Crippen LogP) is -2.50. The van der Waals surface area contributed by atoms with Crippen molar-refractivity contribution in [3.8, 4) is 5.75 Å². The number of aromatic hydroxyl groups is 1. The third-order valence-electron chi connectivity index (χ3n) is 7.40. The van der Waals surface area contributed by atoms with Crippen molar-refractivity contribution >= 4 is 29.0 Å². The molecule has 0 saturated heterocycles. The fourth-order valence-electron chi connectivity index (χ4n) is 5.97. The molecule has 0 heterocycles. The Balaban J connectivity index is 2.01. The highest BCUT2D eigenvalue weighted by Crippen LogP contribution is 2.55. The van der Waals surface area contributed by atoms with Crippen LogP contribution in [0.25, 0.3) is 0 Å². The minimum atomic E-state index is -3.10. The van der Waals surface area contributed by atoms with E-state index in [0.717, 1.165) is 0 Å². The topological polar surface area (TPSA) is 196 Å². The van der Waals surface area contributed by atoms with E-state index in [-0.39, 0.29) is 11.1 Å². The van der Waals surface area contributed by atoms with Gasteiger partial charge in [0.1, 0.15) is 5.75 Å². The standard InChI is InChI=1S/C22H24N2O9/c1-21(32)7-5-4-6-8(25)9(7)15(26)10-12(21)17(28)13-14(24(2)3)16(27)11(20(23)31)19(30)22(13,33)18(10)29/h4-6,10-14,17,25,28,32-33H,1-3H3,(H2,23,31)/t10?,11?,12-,13-,14+,17+,21?,22+/m1/s1. The molecule has 2 fully saturated rings. The summed E-state index contributed by atoms with van der Waals surface area (Å²) in [6, 6.07) is 2.40. The van der Waals surface area contributed by atoms with Gasteiger partial charge in [0.25, 0.3) is 0 Å². The number of Topliss-reactive ketones (excluding diaryl/α,β-unsaturated/α-hetero) is 4. The molecule has 3 unspecified atom stereocenters. The van der Waals surface area contributed by atoms with E-state index in [1.807, 2.05) is 0 Å². The van der Waals surface area contributed by atoms with Gasteiger partial charge in [0, 0.05) is 5.92 Å². The van der Waals surface area contributed by atoms with Crippen molar-refractivity contribution in [3.05, 3.63) is 29.3 Å². The average Bonchev–Trinajstić information content (AvgIpc) is 2.70. The van der Waals surface area contributed by atoms with Crippen molar-refractivity contribution in [1.82, 2.24) is 4.90 Å². The van der Waals surface area contributed by atoms with Crippen molar-refractivity contribution in [2.24, 2.45) is 29.4 Å². The predicted molar refractivity (Wildman–Crippen MR) is 109 cm³/mol. The molecule has 3 aliphatic carbocycles. The monoisotopic (exact) mass is 460 g/mol. The number of likely N-dealkylation sites (N-methyl/N-ethyl adjacent to an activating group) is 1. The largest absolute Gasteiger partial charge is 0.507 e. The molecular weight excluding hydrogens is 436 g/mol. The third kappa shape index (κ3) is 2.67. The second-order valence-corrected chi connectivity index (χ2v) is 9.37. The molecule has 0 radical (unpaired) electrons. The molecule has 6 N–H and O–H groups in total. The number of benzene rings is 1. The first kappa shape index (κ1) is 23.2. The Morgan fingerprint density at radius 1 is 1.06 bits per heavy atom. The molecule has 0 aromatic heterocycles. The van der Waals surface area contributed by atoms with Gasteiger partial charge in [-0.1, -0.05) is 12.1 Å². The van der Waals surface area contributed by atoms with E-state index >= 15 is 0 Å². The number of carbonyl (C=O) groups is 5. The summed E-state index contributed by atoms with van der Waals surface area (Å²) in [7, 11) is 2.77. The average molecular weight is 460 g/mol. The Morgan fingerprint density at radius 2 is 1.67 bits per heavy atom. The number of nitrogens with two attached hydrogens (primary N) is 1. The molecule has 2 saturated carbocycles. The number of nitrogens with zero attached hydrogens (tertiary/aromatic N) is 1. The van der Waals surface area contributed by atoms with Crippen molar-refractivity contribution < 1.29 is 44.4 Å². The van der Waals surface area contributed by atoms with Gasteiger partial charge in [0.2, 0.25) is 5.91 Å². The van der Waals surface area contributed by atoms with Gasteiger partial charge in [-0.2, -0.15) is 0 Å². The zero-order chi connectivity index (χ0) is 24.8. The van der Waals surface area contributed by atoms with Crippen LogP contribution in [0.2, 0.25) is 0 Å². The van der Waals surface area contributed by atoms with E-state index < -0.39 is 81.8 Å². The van der Waals surface area contributed by atoms with Crippen LogP contribution in [0.5, 0.6) is 5.75 Å². The van der Waals surface area contributed by atoms with Crippen LogP contribution in [0.15, 0.2) is 18.2 Å². The number of carbonyl (C=O) groups excluding carboxylic acids is 5. The fraction of sp³-hybridized carbons (Fsp3) is 0.500. The van der Waals surface area contributed by atoms with Crippen molar-refractivity contribution in [1.29, 1.82) is 0 Å². The molecule has 0 bridgehead atoms. The van der Waals surface area contributed by atoms with E-state index in [1.54, 1.807) is 0 Å². The second kappa shape index (κ2) is 7.00. The third-order valence-corrected chi connectivity index (χ3v) is 7.40. The van der Waals surface area contributed by atoms with E-state index in [0.29, 0.717) is 0 Å². The minimum absolute atomic E-state index is 0.0454. The summed E-state index contributed by atoms with van der Waals surface area (Å²) in [5.41, 5.74) is -0.350. The molecule has 176 valence electrons. The lowest BCUT2D eigenvalue weighted by atomic mass is 9.48. The zero-order valence-corrected chi connectivity index (χ0v) is 18.1. The van der Waals surface area contributed by atoms with E-state index in [9.17, 15) is 44.4 Å². The number of amides is 1. The summed E-state index contributed by atoms with van der Waals surface area (Å²) in [5.74, 6) is -14.2. The quantitative estimate of drug-likeness (QED) is 0.294. The lowest BCUT2D eigenvalue weighted by molar-refractivity contribution is -0.210. The van der Waals surface area contributed by atoms with Gasteiger partial charge in [-0.15, -0.1) is 0 Å². The van der Waals surface area contributed by atoms with Crippen molar-refractivity contribution in [3.63, 3.8) is 0 Å². The lowest BCUT2D eigenvalue weighted by Gasteiger charge is -2.57. The molecule has 1 aromatic carbocycles. The van der Waals surface area contributed by atoms with Gasteiger partial charge in [-0.05, 0) is 32.6 Å². The molecule has 1 aromatic rings. The maximum absolute atomic E-state index is 13.7. The molecule has 11 heteroatoms. The summed E-state index contributed by atoms with van der Waals surface area (Å²) in [6.45, 7) is 1.24. The van der Waals surface area contributed by atoms with Crippen molar-refractivity contribution in [2.45, 2.75) is 30.3 Å². The van der Waals surface area contributed by atoms with Crippen LogP contribution in [0.3, 0.4) is 0 Å². The van der Waals surface area contributed by atoms with Crippen LogP contribution >= 0.6 is 0 Å².